The van der Waals surface area contributed by atoms with Gasteiger partial charge in [-0.3, -0.25) is 4.79 Å². The molecule has 3 aromatic rings. The molecule has 0 aromatic heterocycles. The average molecular weight is 563 g/mol. The number of carbonyl (C=O) groups excluding carboxylic acids is 1. The third-order valence-electron chi connectivity index (χ3n) is 8.34. The van der Waals surface area contributed by atoms with Gasteiger partial charge in [-0.2, -0.15) is 0 Å². The van der Waals surface area contributed by atoms with Crippen LogP contribution in [0.3, 0.4) is 0 Å². The Morgan fingerprint density at radius 3 is 2.60 bits per heavy atom. The van der Waals surface area contributed by atoms with Gasteiger partial charge in [0.05, 0.1) is 5.60 Å². The Bertz CT molecular complexity index is 1260. The summed E-state index contributed by atoms with van der Waals surface area (Å²) < 4.78 is 5.30. The van der Waals surface area contributed by atoms with Gasteiger partial charge in [-0.25, -0.2) is 0 Å². The molecule has 1 aliphatic rings. The minimum atomic E-state index is -1.12. The number of aliphatic hydroxyl groups is 1. The fraction of sp³-hybridized carbons (Fsp3) is 0.441. The maximum absolute atomic E-state index is 13.6. The standard InChI is InChI=1S/C34H43ClN2O3/c1-25-10-4-5-11-28(25)22-30-31(13-8-14-32(30)35)34(39,19-6-7-21-40-3)29-12-9-20-37(24-29)33(38)27-17-15-26(16-18-27)23-36-2/h4-5,8,10-11,13-18,29,36,39H,6-7,9,12,19-24H2,1-3H3. The molecule has 0 saturated carbocycles. The van der Waals surface area contributed by atoms with Crippen LogP contribution in [-0.4, -0.2) is 49.8 Å². The molecule has 1 amide bonds. The van der Waals surface area contributed by atoms with E-state index in [9.17, 15) is 9.90 Å². The van der Waals surface area contributed by atoms with Gasteiger partial charge in [0.25, 0.3) is 5.91 Å². The van der Waals surface area contributed by atoms with Crippen molar-refractivity contribution in [2.45, 2.75) is 57.6 Å². The highest BCUT2D eigenvalue weighted by molar-refractivity contribution is 6.31. The van der Waals surface area contributed by atoms with Crippen molar-refractivity contribution < 1.29 is 14.6 Å². The fourth-order valence-electron chi connectivity index (χ4n) is 6.05. The molecule has 2 atom stereocenters. The number of hydrogen-bond acceptors (Lipinski definition) is 4. The first-order valence-electron chi connectivity index (χ1n) is 14.4. The van der Waals surface area contributed by atoms with Crippen molar-refractivity contribution >= 4 is 17.5 Å². The summed E-state index contributed by atoms with van der Waals surface area (Å²) in [4.78, 5) is 15.5. The van der Waals surface area contributed by atoms with Crippen LogP contribution in [0.15, 0.2) is 66.7 Å². The number of benzene rings is 3. The van der Waals surface area contributed by atoms with Crippen LogP contribution >= 0.6 is 11.6 Å². The number of ether oxygens (including phenoxy) is 1. The minimum Gasteiger partial charge on any atom is -0.385 e. The Hall–Kier alpha value is -2.70. The minimum absolute atomic E-state index is 0.0219. The van der Waals surface area contributed by atoms with Crippen LogP contribution in [0.5, 0.6) is 0 Å². The van der Waals surface area contributed by atoms with Crippen LogP contribution in [0.4, 0.5) is 0 Å². The topological polar surface area (TPSA) is 61.8 Å². The van der Waals surface area contributed by atoms with Gasteiger partial charge < -0.3 is 20.1 Å². The van der Waals surface area contributed by atoms with E-state index in [2.05, 4.69) is 24.4 Å². The van der Waals surface area contributed by atoms with Crippen molar-refractivity contribution in [1.29, 1.82) is 0 Å². The van der Waals surface area contributed by atoms with E-state index < -0.39 is 5.60 Å². The number of amides is 1. The van der Waals surface area contributed by atoms with Crippen molar-refractivity contribution in [1.82, 2.24) is 10.2 Å². The first kappa shape index (κ1) is 30.3. The predicted molar refractivity (Wildman–Crippen MR) is 163 cm³/mol. The van der Waals surface area contributed by atoms with Crippen molar-refractivity contribution in [2.75, 3.05) is 33.9 Å². The van der Waals surface area contributed by atoms with Crippen LogP contribution in [0.1, 0.15) is 70.3 Å². The zero-order valence-electron chi connectivity index (χ0n) is 24.1. The summed E-state index contributed by atoms with van der Waals surface area (Å²) in [7, 11) is 3.62. The molecule has 4 rings (SSSR count). The first-order valence-corrected chi connectivity index (χ1v) is 14.8. The molecule has 1 aliphatic heterocycles. The summed E-state index contributed by atoms with van der Waals surface area (Å²) >= 11 is 6.85. The number of hydrogen-bond donors (Lipinski definition) is 2. The molecule has 0 bridgehead atoms. The summed E-state index contributed by atoms with van der Waals surface area (Å²) in [5.74, 6) is -0.0842. The Balaban J connectivity index is 1.65. The van der Waals surface area contributed by atoms with E-state index in [-0.39, 0.29) is 11.8 Å². The van der Waals surface area contributed by atoms with E-state index in [1.807, 2.05) is 66.5 Å². The van der Waals surface area contributed by atoms with Gasteiger partial charge in [-0.05, 0) is 98.5 Å². The van der Waals surface area contributed by atoms with Gasteiger partial charge in [0.15, 0.2) is 0 Å². The SMILES string of the molecule is CNCc1ccc(C(=O)N2CCCC(C(O)(CCCCOC)c3cccc(Cl)c3Cc3ccccc3C)C2)cc1. The van der Waals surface area contributed by atoms with Gasteiger partial charge in [-0.15, -0.1) is 0 Å². The number of halogens is 1. The zero-order valence-corrected chi connectivity index (χ0v) is 24.8. The molecular weight excluding hydrogens is 520 g/mol. The van der Waals surface area contributed by atoms with Gasteiger partial charge in [0.1, 0.15) is 0 Å². The molecule has 1 saturated heterocycles. The fourth-order valence-corrected chi connectivity index (χ4v) is 6.29. The molecule has 214 valence electrons. The molecule has 6 heteroatoms. The lowest BCUT2D eigenvalue weighted by atomic mass is 9.72. The highest BCUT2D eigenvalue weighted by Gasteiger charge is 2.42. The van der Waals surface area contributed by atoms with Crippen LogP contribution < -0.4 is 5.32 Å². The highest BCUT2D eigenvalue weighted by atomic mass is 35.5. The van der Waals surface area contributed by atoms with E-state index in [1.165, 1.54) is 11.1 Å². The van der Waals surface area contributed by atoms with Crippen molar-refractivity contribution in [2.24, 2.45) is 5.92 Å². The summed E-state index contributed by atoms with van der Waals surface area (Å²) in [6, 6.07) is 22.0. The molecule has 5 nitrogen and oxygen atoms in total. The second-order valence-corrected chi connectivity index (χ2v) is 11.5. The quantitative estimate of drug-likeness (QED) is 0.247. The Kier molecular flexibility index (Phi) is 10.8. The predicted octanol–water partition coefficient (Wildman–Crippen LogP) is 6.52. The molecule has 2 N–H and O–H groups in total. The second kappa shape index (κ2) is 14.3. The maximum Gasteiger partial charge on any atom is 0.253 e. The summed E-state index contributed by atoms with van der Waals surface area (Å²) in [6.45, 7) is 4.73. The zero-order chi connectivity index (χ0) is 28.5. The highest BCUT2D eigenvalue weighted by Crippen LogP contribution is 2.43. The third-order valence-corrected chi connectivity index (χ3v) is 8.69. The average Bonchev–Trinajstić information content (AvgIpc) is 2.97. The summed E-state index contributed by atoms with van der Waals surface area (Å²) in [6.07, 6.45) is 4.61. The van der Waals surface area contributed by atoms with E-state index in [0.717, 1.165) is 48.9 Å². The van der Waals surface area contributed by atoms with Gasteiger partial charge in [0.2, 0.25) is 0 Å². The van der Waals surface area contributed by atoms with Crippen LogP contribution in [-0.2, 0) is 23.3 Å². The third kappa shape index (κ3) is 7.13. The molecule has 2 unspecified atom stereocenters. The molecule has 3 aromatic carbocycles. The number of rotatable bonds is 12. The lowest BCUT2D eigenvalue weighted by Gasteiger charge is -2.44. The van der Waals surface area contributed by atoms with Crippen LogP contribution in [0.2, 0.25) is 5.02 Å². The summed E-state index contributed by atoms with van der Waals surface area (Å²) in [5.41, 5.74) is 4.96. The monoisotopic (exact) mass is 562 g/mol. The van der Waals surface area contributed by atoms with Crippen LogP contribution in [0.25, 0.3) is 0 Å². The molecule has 1 fully saturated rings. The maximum atomic E-state index is 13.6. The van der Waals surface area contributed by atoms with Gasteiger partial charge in [-0.1, -0.05) is 60.1 Å². The van der Waals surface area contributed by atoms with Crippen molar-refractivity contribution in [3.63, 3.8) is 0 Å². The number of nitrogens with one attached hydrogen (secondary N) is 1. The molecule has 0 radical (unpaired) electrons. The summed E-state index contributed by atoms with van der Waals surface area (Å²) in [5, 5.41) is 16.5. The van der Waals surface area contributed by atoms with Gasteiger partial charge in [0, 0.05) is 49.9 Å². The first-order chi connectivity index (χ1) is 19.4. The number of methoxy groups -OCH3 is 1. The normalized spacial score (nSPS) is 17.0. The lowest BCUT2D eigenvalue weighted by molar-refractivity contribution is -0.0583. The molecule has 40 heavy (non-hydrogen) atoms. The lowest BCUT2D eigenvalue weighted by Crippen LogP contribution is -2.48. The molecule has 0 spiro atoms. The number of aryl methyl sites for hydroxylation is 1. The largest absolute Gasteiger partial charge is 0.385 e. The number of piperidine rings is 1. The van der Waals surface area contributed by atoms with E-state index in [4.69, 9.17) is 16.3 Å². The number of nitrogens with zero attached hydrogens (tertiary/aromatic N) is 1. The van der Waals surface area contributed by atoms with E-state index in [1.54, 1.807) is 7.11 Å². The molecular formula is C34H43ClN2O3. The van der Waals surface area contributed by atoms with Gasteiger partial charge >= 0.3 is 0 Å². The number of likely N-dealkylation sites (tertiary alicyclic amines) is 1. The van der Waals surface area contributed by atoms with Crippen molar-refractivity contribution in [3.05, 3.63) is 105 Å². The van der Waals surface area contributed by atoms with E-state index >= 15 is 0 Å². The number of carbonyl (C=O) groups is 1. The smallest absolute Gasteiger partial charge is 0.253 e. The van der Waals surface area contributed by atoms with Crippen LogP contribution in [0, 0.1) is 12.8 Å². The van der Waals surface area contributed by atoms with Crippen molar-refractivity contribution in [3.8, 4) is 0 Å². The number of unbranched alkanes of at least 4 members (excludes halogenated alkanes) is 1. The Morgan fingerprint density at radius 1 is 1.10 bits per heavy atom. The Labute approximate surface area is 244 Å². The molecule has 0 aliphatic carbocycles. The second-order valence-electron chi connectivity index (χ2n) is 11.1. The van der Waals surface area contributed by atoms with E-state index in [0.29, 0.717) is 43.1 Å². The Morgan fingerprint density at radius 2 is 1.88 bits per heavy atom. The molecule has 1 heterocycles.